The van der Waals surface area contributed by atoms with Crippen LogP contribution in [0.2, 0.25) is 15.2 Å². The molecular formula is C10H7Cl3N2O3S. The predicted octanol–water partition coefficient (Wildman–Crippen LogP) is 3.15. The lowest BCUT2D eigenvalue weighted by Crippen LogP contribution is -2.11. The molecule has 0 aliphatic carbocycles. The van der Waals surface area contributed by atoms with Crippen molar-refractivity contribution in [1.29, 1.82) is 0 Å². The van der Waals surface area contributed by atoms with Crippen LogP contribution in [0.15, 0.2) is 29.6 Å². The van der Waals surface area contributed by atoms with Gasteiger partial charge in [0.15, 0.2) is 5.15 Å². The molecule has 5 nitrogen and oxygen atoms in total. The third-order valence-corrected chi connectivity index (χ3v) is 4.65. The summed E-state index contributed by atoms with van der Waals surface area (Å²) >= 11 is 17.3. The van der Waals surface area contributed by atoms with Crippen LogP contribution in [-0.4, -0.2) is 18.0 Å². The van der Waals surface area contributed by atoms with Crippen molar-refractivity contribution in [3.8, 4) is 5.75 Å². The minimum Gasteiger partial charge on any atom is -0.378 e. The average molecular weight is 342 g/mol. The van der Waals surface area contributed by atoms with Gasteiger partial charge in [0.2, 0.25) is 5.03 Å². The second-order valence-electron chi connectivity index (χ2n) is 3.56. The molecule has 2 aromatic rings. The monoisotopic (exact) mass is 340 g/mol. The second-order valence-corrected chi connectivity index (χ2v) is 6.20. The molecule has 0 fully saturated rings. The van der Waals surface area contributed by atoms with Crippen LogP contribution in [0.3, 0.4) is 0 Å². The first-order valence-corrected chi connectivity index (χ1v) is 7.42. The topological polar surface area (TPSA) is 61.2 Å². The van der Waals surface area contributed by atoms with Gasteiger partial charge in [-0.15, -0.1) is 0 Å². The fourth-order valence-electron chi connectivity index (χ4n) is 1.26. The van der Waals surface area contributed by atoms with Crippen LogP contribution in [0.1, 0.15) is 0 Å². The standard InChI is InChI=1S/C10H7Cl3N2O3S/c1-15-5-14-10(9(15)13)19(16,17)18-6-2-3-7(11)8(12)4-6/h2-5H,1H3. The van der Waals surface area contributed by atoms with Gasteiger partial charge in [0.25, 0.3) is 0 Å². The molecule has 9 heteroatoms. The van der Waals surface area contributed by atoms with Crippen molar-refractivity contribution >= 4 is 44.9 Å². The molecule has 0 bridgehead atoms. The summed E-state index contributed by atoms with van der Waals surface area (Å²) in [5, 5.41) is 0.0755. The summed E-state index contributed by atoms with van der Waals surface area (Å²) in [5.41, 5.74) is 0. The average Bonchev–Trinajstić information content (AvgIpc) is 2.65. The molecule has 0 aliphatic heterocycles. The van der Waals surface area contributed by atoms with Gasteiger partial charge >= 0.3 is 10.1 Å². The lowest BCUT2D eigenvalue weighted by Gasteiger charge is -2.06. The van der Waals surface area contributed by atoms with Crippen molar-refractivity contribution in [2.24, 2.45) is 7.05 Å². The van der Waals surface area contributed by atoms with Crippen molar-refractivity contribution in [2.45, 2.75) is 5.03 Å². The van der Waals surface area contributed by atoms with Gasteiger partial charge in [0.05, 0.1) is 16.4 Å². The predicted molar refractivity (Wildman–Crippen MR) is 72.5 cm³/mol. The fraction of sp³-hybridized carbons (Fsp3) is 0.100. The van der Waals surface area contributed by atoms with E-state index < -0.39 is 10.1 Å². The highest BCUT2D eigenvalue weighted by Gasteiger charge is 2.24. The largest absolute Gasteiger partial charge is 0.378 e. The Balaban J connectivity index is 2.36. The Morgan fingerprint density at radius 3 is 2.42 bits per heavy atom. The van der Waals surface area contributed by atoms with Gasteiger partial charge in [-0.1, -0.05) is 34.8 Å². The van der Waals surface area contributed by atoms with Gasteiger partial charge < -0.3 is 8.75 Å². The molecule has 0 amide bonds. The summed E-state index contributed by atoms with van der Waals surface area (Å²) in [6.07, 6.45) is 1.27. The number of nitrogens with zero attached hydrogens (tertiary/aromatic N) is 2. The molecule has 0 spiro atoms. The van der Waals surface area contributed by atoms with E-state index >= 15 is 0 Å². The zero-order valence-electron chi connectivity index (χ0n) is 9.47. The zero-order chi connectivity index (χ0) is 14.2. The molecule has 0 atom stereocenters. The molecule has 2 rings (SSSR count). The van der Waals surface area contributed by atoms with E-state index in [1.807, 2.05) is 0 Å². The van der Waals surface area contributed by atoms with Crippen LogP contribution >= 0.6 is 34.8 Å². The second kappa shape index (κ2) is 5.20. The van der Waals surface area contributed by atoms with Crippen molar-refractivity contribution in [2.75, 3.05) is 0 Å². The summed E-state index contributed by atoms with van der Waals surface area (Å²) in [4.78, 5) is 3.68. The highest BCUT2D eigenvalue weighted by molar-refractivity contribution is 7.87. The minimum absolute atomic E-state index is 0.0242. The molecule has 102 valence electrons. The molecule has 0 radical (unpaired) electrons. The Morgan fingerprint density at radius 2 is 1.89 bits per heavy atom. The van der Waals surface area contributed by atoms with Crippen molar-refractivity contribution in [3.05, 3.63) is 39.7 Å². The molecule has 1 aromatic heterocycles. The number of rotatable bonds is 3. The highest BCUT2D eigenvalue weighted by Crippen LogP contribution is 2.29. The Kier molecular flexibility index (Phi) is 3.96. The Hall–Kier alpha value is -0.950. The Morgan fingerprint density at radius 1 is 1.21 bits per heavy atom. The van der Waals surface area contributed by atoms with Crippen molar-refractivity contribution < 1.29 is 12.6 Å². The number of imidazole rings is 1. The summed E-state index contributed by atoms with van der Waals surface area (Å²) in [7, 11) is -2.56. The van der Waals surface area contributed by atoms with Gasteiger partial charge in [-0.05, 0) is 12.1 Å². The van der Waals surface area contributed by atoms with Crippen LogP contribution in [-0.2, 0) is 17.2 Å². The SMILES string of the molecule is Cn1cnc(S(=O)(=O)Oc2ccc(Cl)c(Cl)c2)c1Cl. The van der Waals surface area contributed by atoms with E-state index in [1.165, 1.54) is 29.1 Å². The van der Waals surface area contributed by atoms with Crippen LogP contribution in [0.25, 0.3) is 0 Å². The zero-order valence-corrected chi connectivity index (χ0v) is 12.6. The van der Waals surface area contributed by atoms with E-state index in [0.29, 0.717) is 5.02 Å². The maximum atomic E-state index is 12.0. The Labute approximate surface area is 124 Å². The minimum atomic E-state index is -4.12. The molecule has 0 unspecified atom stereocenters. The maximum Gasteiger partial charge on any atom is 0.360 e. The molecular weight excluding hydrogens is 335 g/mol. The first kappa shape index (κ1) is 14.5. The highest BCUT2D eigenvalue weighted by atomic mass is 35.5. The molecule has 0 aliphatic rings. The van der Waals surface area contributed by atoms with E-state index in [9.17, 15) is 8.42 Å². The lowest BCUT2D eigenvalue weighted by atomic mass is 10.3. The number of aromatic nitrogens is 2. The maximum absolute atomic E-state index is 12.0. The van der Waals surface area contributed by atoms with Gasteiger partial charge in [-0.25, -0.2) is 4.98 Å². The van der Waals surface area contributed by atoms with Gasteiger partial charge in [0, 0.05) is 13.1 Å². The molecule has 19 heavy (non-hydrogen) atoms. The van der Waals surface area contributed by atoms with Gasteiger partial charge in [-0.2, -0.15) is 8.42 Å². The molecule has 1 aromatic carbocycles. The van der Waals surface area contributed by atoms with E-state index in [2.05, 4.69) is 4.98 Å². The van der Waals surface area contributed by atoms with Crippen LogP contribution < -0.4 is 4.18 Å². The first-order chi connectivity index (χ1) is 8.81. The first-order valence-electron chi connectivity index (χ1n) is 4.87. The summed E-state index contributed by atoms with van der Waals surface area (Å²) in [6, 6.07) is 4.09. The number of halogens is 3. The number of benzene rings is 1. The Bertz CT molecular complexity index is 728. The van der Waals surface area contributed by atoms with E-state index in [4.69, 9.17) is 39.0 Å². The van der Waals surface area contributed by atoms with E-state index in [-0.39, 0.29) is 21.0 Å². The number of hydrogen-bond acceptors (Lipinski definition) is 4. The smallest absolute Gasteiger partial charge is 0.360 e. The molecule has 0 N–H and O–H groups in total. The number of aryl methyl sites for hydroxylation is 1. The fourth-order valence-corrected chi connectivity index (χ4v) is 2.88. The van der Waals surface area contributed by atoms with Crippen molar-refractivity contribution in [3.63, 3.8) is 0 Å². The molecule has 0 saturated heterocycles. The van der Waals surface area contributed by atoms with Crippen LogP contribution in [0.4, 0.5) is 0 Å². The quantitative estimate of drug-likeness (QED) is 0.805. The third kappa shape index (κ3) is 2.97. The molecule has 1 heterocycles. The molecule has 0 saturated carbocycles. The summed E-state index contributed by atoms with van der Waals surface area (Å²) < 4.78 is 30.2. The van der Waals surface area contributed by atoms with Gasteiger partial charge in [-0.3, -0.25) is 0 Å². The van der Waals surface area contributed by atoms with Crippen LogP contribution in [0, 0.1) is 0 Å². The third-order valence-electron chi connectivity index (χ3n) is 2.17. The van der Waals surface area contributed by atoms with Crippen LogP contribution in [0.5, 0.6) is 5.75 Å². The normalized spacial score (nSPS) is 11.6. The van der Waals surface area contributed by atoms with E-state index in [1.54, 1.807) is 7.05 Å². The van der Waals surface area contributed by atoms with E-state index in [0.717, 1.165) is 0 Å². The van der Waals surface area contributed by atoms with Crippen molar-refractivity contribution in [1.82, 2.24) is 9.55 Å². The number of hydrogen-bond donors (Lipinski definition) is 0. The summed E-state index contributed by atoms with van der Waals surface area (Å²) in [5.74, 6) is 0.0242. The lowest BCUT2D eigenvalue weighted by molar-refractivity contribution is 0.483. The summed E-state index contributed by atoms with van der Waals surface area (Å²) in [6.45, 7) is 0. The van der Waals surface area contributed by atoms with Gasteiger partial charge in [0.1, 0.15) is 5.75 Å².